The second-order valence-electron chi connectivity index (χ2n) is 4.17. The monoisotopic (exact) mass is 238 g/mol. The smallest absolute Gasteiger partial charge is 0.300 e. The van der Waals surface area contributed by atoms with E-state index < -0.39 is 12.6 Å². The highest BCUT2D eigenvalue weighted by atomic mass is 19.4. The molecule has 0 amide bonds. The number of unbranched alkanes of at least 4 members (excludes halogenated alkanes) is 4. The minimum Gasteiger partial charge on any atom is -0.300 e. The summed E-state index contributed by atoms with van der Waals surface area (Å²) in [7, 11) is 0. The first-order chi connectivity index (χ1) is 7.45. The van der Waals surface area contributed by atoms with Crippen molar-refractivity contribution in [1.29, 1.82) is 0 Å². The molecule has 0 spiro atoms. The average Bonchev–Trinajstić information content (AvgIpc) is 2.16. The topological polar surface area (TPSA) is 17.1 Å². The number of alkyl halides is 3. The van der Waals surface area contributed by atoms with Crippen LogP contribution in [0, 0.1) is 0 Å². The average molecular weight is 238 g/mol. The van der Waals surface area contributed by atoms with E-state index in [0.29, 0.717) is 25.7 Å². The molecule has 0 saturated carbocycles. The molecule has 0 saturated heterocycles. The number of carbonyl (C=O) groups excluding carboxylic acids is 1. The second-order valence-corrected chi connectivity index (χ2v) is 4.17. The third-order valence-electron chi connectivity index (χ3n) is 2.48. The van der Waals surface area contributed by atoms with E-state index in [1.165, 1.54) is 0 Å². The minimum absolute atomic E-state index is 0.145. The summed E-state index contributed by atoms with van der Waals surface area (Å²) in [4.78, 5) is 11.3. The largest absolute Gasteiger partial charge is 0.389 e. The molecule has 96 valence electrons. The van der Waals surface area contributed by atoms with E-state index in [1.807, 2.05) is 0 Å². The zero-order valence-electron chi connectivity index (χ0n) is 9.91. The maximum Gasteiger partial charge on any atom is 0.389 e. The molecule has 0 aromatic carbocycles. The Kier molecular flexibility index (Phi) is 8.30. The molecule has 4 heteroatoms. The molecule has 0 heterocycles. The standard InChI is InChI=1S/C12H21F3O/c1-2-3-5-8-11(16)9-6-4-7-10-12(13,14)15/h2-10H2,1H3. The van der Waals surface area contributed by atoms with Crippen LogP contribution in [0.25, 0.3) is 0 Å². The fourth-order valence-electron chi connectivity index (χ4n) is 1.52. The Bertz CT molecular complexity index is 187. The molecule has 0 radical (unpaired) electrons. The highest BCUT2D eigenvalue weighted by Gasteiger charge is 2.25. The van der Waals surface area contributed by atoms with Crippen LogP contribution >= 0.6 is 0 Å². The Morgan fingerprint density at radius 2 is 1.50 bits per heavy atom. The van der Waals surface area contributed by atoms with E-state index in [4.69, 9.17) is 0 Å². The number of halogens is 3. The number of carbonyl (C=O) groups is 1. The lowest BCUT2D eigenvalue weighted by molar-refractivity contribution is -0.135. The van der Waals surface area contributed by atoms with Gasteiger partial charge in [-0.05, 0) is 19.3 Å². The summed E-state index contributed by atoms with van der Waals surface area (Å²) in [5.74, 6) is 0.195. The molecule has 0 aliphatic carbocycles. The molecule has 0 aromatic heterocycles. The zero-order chi connectivity index (χ0) is 12.4. The number of hydrogen-bond donors (Lipinski definition) is 0. The lowest BCUT2D eigenvalue weighted by atomic mass is 10.1. The molecule has 0 aliphatic rings. The minimum atomic E-state index is -4.05. The first-order valence-electron chi connectivity index (χ1n) is 6.04. The van der Waals surface area contributed by atoms with E-state index in [1.54, 1.807) is 0 Å². The molecule has 0 rings (SSSR count). The van der Waals surface area contributed by atoms with Crippen molar-refractivity contribution in [3.8, 4) is 0 Å². The zero-order valence-corrected chi connectivity index (χ0v) is 9.91. The van der Waals surface area contributed by atoms with E-state index in [0.717, 1.165) is 19.3 Å². The predicted molar refractivity (Wildman–Crippen MR) is 58.3 cm³/mol. The van der Waals surface area contributed by atoms with Crippen LogP contribution in [0.3, 0.4) is 0 Å². The predicted octanol–water partition coefficient (Wildman–Crippen LogP) is 4.65. The maximum atomic E-state index is 11.8. The van der Waals surface area contributed by atoms with Crippen LogP contribution in [-0.2, 0) is 4.79 Å². The van der Waals surface area contributed by atoms with Gasteiger partial charge in [0.1, 0.15) is 5.78 Å². The van der Waals surface area contributed by atoms with Crippen molar-refractivity contribution in [1.82, 2.24) is 0 Å². The summed E-state index contributed by atoms with van der Waals surface area (Å²) in [6, 6.07) is 0. The molecule has 0 fully saturated rings. The van der Waals surface area contributed by atoms with Crippen LogP contribution in [0.4, 0.5) is 13.2 Å². The van der Waals surface area contributed by atoms with Crippen LogP contribution in [0.15, 0.2) is 0 Å². The van der Waals surface area contributed by atoms with Crippen molar-refractivity contribution in [2.75, 3.05) is 0 Å². The van der Waals surface area contributed by atoms with E-state index in [2.05, 4.69) is 6.92 Å². The molecule has 0 aliphatic heterocycles. The normalized spacial score (nSPS) is 11.8. The summed E-state index contributed by atoms with van der Waals surface area (Å²) in [5, 5.41) is 0. The van der Waals surface area contributed by atoms with Gasteiger partial charge in [-0.1, -0.05) is 26.2 Å². The molecule has 0 atom stereocenters. The molecule has 16 heavy (non-hydrogen) atoms. The van der Waals surface area contributed by atoms with Crippen LogP contribution in [0.5, 0.6) is 0 Å². The summed E-state index contributed by atoms with van der Waals surface area (Å²) in [6.07, 6.45) is 0.555. The van der Waals surface area contributed by atoms with Crippen molar-refractivity contribution in [3.63, 3.8) is 0 Å². The van der Waals surface area contributed by atoms with Gasteiger partial charge < -0.3 is 0 Å². The lowest BCUT2D eigenvalue weighted by Gasteiger charge is -2.05. The molecule has 0 N–H and O–H groups in total. The van der Waals surface area contributed by atoms with Gasteiger partial charge >= 0.3 is 6.18 Å². The van der Waals surface area contributed by atoms with Crippen LogP contribution < -0.4 is 0 Å². The van der Waals surface area contributed by atoms with Gasteiger partial charge in [-0.15, -0.1) is 0 Å². The van der Waals surface area contributed by atoms with Crippen LogP contribution in [0.1, 0.15) is 64.7 Å². The van der Waals surface area contributed by atoms with E-state index >= 15 is 0 Å². The van der Waals surface area contributed by atoms with Gasteiger partial charge in [-0.3, -0.25) is 4.79 Å². The molecular weight excluding hydrogens is 217 g/mol. The highest BCUT2D eigenvalue weighted by molar-refractivity contribution is 5.78. The van der Waals surface area contributed by atoms with Crippen LogP contribution in [-0.4, -0.2) is 12.0 Å². The Morgan fingerprint density at radius 3 is 2.00 bits per heavy atom. The molecule has 0 unspecified atom stereocenters. The highest BCUT2D eigenvalue weighted by Crippen LogP contribution is 2.22. The number of rotatable bonds is 9. The molecule has 1 nitrogen and oxygen atoms in total. The van der Waals surface area contributed by atoms with Crippen molar-refractivity contribution < 1.29 is 18.0 Å². The SMILES string of the molecule is CCCCCC(=O)CCCCCC(F)(F)F. The summed E-state index contributed by atoms with van der Waals surface area (Å²) >= 11 is 0. The van der Waals surface area contributed by atoms with E-state index in [-0.39, 0.29) is 12.2 Å². The Balaban J connectivity index is 3.28. The van der Waals surface area contributed by atoms with E-state index in [9.17, 15) is 18.0 Å². The second kappa shape index (κ2) is 8.59. The number of Topliss-reactive ketones (excluding diaryl/α,β-unsaturated/α-hetero) is 1. The van der Waals surface area contributed by atoms with Gasteiger partial charge in [0, 0.05) is 19.3 Å². The van der Waals surface area contributed by atoms with Gasteiger partial charge in [-0.2, -0.15) is 13.2 Å². The number of hydrogen-bond acceptors (Lipinski definition) is 1. The quantitative estimate of drug-likeness (QED) is 0.534. The molecular formula is C12H21F3O. The first-order valence-corrected chi connectivity index (χ1v) is 6.04. The van der Waals surface area contributed by atoms with Gasteiger partial charge in [0.05, 0.1) is 0 Å². The third-order valence-corrected chi connectivity index (χ3v) is 2.48. The molecule has 0 aromatic rings. The molecule has 0 bridgehead atoms. The van der Waals surface area contributed by atoms with Crippen molar-refractivity contribution in [3.05, 3.63) is 0 Å². The fourth-order valence-corrected chi connectivity index (χ4v) is 1.52. The lowest BCUT2D eigenvalue weighted by Crippen LogP contribution is -2.06. The summed E-state index contributed by atoms with van der Waals surface area (Å²) in [5.41, 5.74) is 0. The summed E-state index contributed by atoms with van der Waals surface area (Å²) in [6.45, 7) is 2.07. The maximum absolute atomic E-state index is 11.8. The van der Waals surface area contributed by atoms with Crippen molar-refractivity contribution >= 4 is 5.78 Å². The Hall–Kier alpha value is -0.540. The van der Waals surface area contributed by atoms with Crippen molar-refractivity contribution in [2.24, 2.45) is 0 Å². The van der Waals surface area contributed by atoms with Gasteiger partial charge in [0.2, 0.25) is 0 Å². The first kappa shape index (κ1) is 15.5. The fraction of sp³-hybridized carbons (Fsp3) is 0.917. The Labute approximate surface area is 95.4 Å². The summed E-state index contributed by atoms with van der Waals surface area (Å²) < 4.78 is 35.3. The van der Waals surface area contributed by atoms with Gasteiger partial charge in [0.25, 0.3) is 0 Å². The van der Waals surface area contributed by atoms with Crippen molar-refractivity contribution in [2.45, 2.75) is 70.9 Å². The van der Waals surface area contributed by atoms with Gasteiger partial charge in [-0.25, -0.2) is 0 Å². The Morgan fingerprint density at radius 1 is 0.938 bits per heavy atom. The van der Waals surface area contributed by atoms with Gasteiger partial charge in [0.15, 0.2) is 0 Å². The third kappa shape index (κ3) is 11.5. The van der Waals surface area contributed by atoms with Crippen LogP contribution in [0.2, 0.25) is 0 Å². The number of ketones is 1.